The molecular formula is C6H9ClF2N4. The van der Waals surface area contributed by atoms with Gasteiger partial charge in [0.2, 0.25) is 0 Å². The van der Waals surface area contributed by atoms with Crippen LogP contribution in [0.15, 0.2) is 12.3 Å². The molecule has 0 fully saturated rings. The van der Waals surface area contributed by atoms with Gasteiger partial charge in [0.15, 0.2) is 0 Å². The predicted molar refractivity (Wildman–Crippen MR) is 44.1 cm³/mol. The van der Waals surface area contributed by atoms with E-state index >= 15 is 0 Å². The topological polar surface area (TPSA) is 55.9 Å². The Hall–Kier alpha value is -0.720. The van der Waals surface area contributed by atoms with Crippen LogP contribution in [0.4, 0.5) is 8.78 Å². The molecule has 1 unspecified atom stereocenters. The van der Waals surface area contributed by atoms with E-state index in [0.717, 1.165) is 0 Å². The quantitative estimate of drug-likeness (QED) is 0.440. The maximum atomic E-state index is 12.7. The summed E-state index contributed by atoms with van der Waals surface area (Å²) in [5.41, 5.74) is 2.17. The molecule has 0 aliphatic carbocycles. The molecule has 13 heavy (non-hydrogen) atoms. The van der Waals surface area contributed by atoms with Crippen LogP contribution in [0.25, 0.3) is 0 Å². The highest BCUT2D eigenvalue weighted by molar-refractivity contribution is 6.22. The third kappa shape index (κ3) is 2.15. The van der Waals surface area contributed by atoms with Gasteiger partial charge in [-0.05, 0) is 17.7 Å². The van der Waals surface area contributed by atoms with Crippen molar-refractivity contribution in [1.82, 2.24) is 15.2 Å². The van der Waals surface area contributed by atoms with Crippen molar-refractivity contribution in [2.75, 3.05) is 0 Å². The zero-order valence-corrected chi connectivity index (χ0v) is 7.59. The van der Waals surface area contributed by atoms with Crippen LogP contribution in [0.5, 0.6) is 0 Å². The molecule has 1 rings (SSSR count). The van der Waals surface area contributed by atoms with Crippen LogP contribution in [-0.4, -0.2) is 15.2 Å². The summed E-state index contributed by atoms with van der Waals surface area (Å²) in [6.45, 7) is 0. The average Bonchev–Trinajstić information content (AvgIpc) is 2.35. The number of aromatic nitrogens is 2. The second kappa shape index (κ2) is 3.57. The van der Waals surface area contributed by atoms with Gasteiger partial charge in [0, 0.05) is 13.2 Å². The van der Waals surface area contributed by atoms with Crippen molar-refractivity contribution in [1.29, 1.82) is 0 Å². The minimum absolute atomic E-state index is 0.225. The highest BCUT2D eigenvalue weighted by Gasteiger charge is 2.39. The molecular weight excluding hydrogens is 202 g/mol. The Morgan fingerprint density at radius 1 is 1.77 bits per heavy atom. The van der Waals surface area contributed by atoms with Gasteiger partial charge in [0.25, 0.3) is 0 Å². The molecule has 4 nitrogen and oxygen atoms in total. The van der Waals surface area contributed by atoms with Crippen LogP contribution >= 0.6 is 11.6 Å². The van der Waals surface area contributed by atoms with E-state index in [9.17, 15) is 8.78 Å². The lowest BCUT2D eigenvalue weighted by Crippen LogP contribution is -2.39. The van der Waals surface area contributed by atoms with Gasteiger partial charge in [-0.2, -0.15) is 13.9 Å². The Kier molecular flexibility index (Phi) is 2.84. The summed E-state index contributed by atoms with van der Waals surface area (Å²) in [5.74, 6) is 4.96. The van der Waals surface area contributed by atoms with Gasteiger partial charge in [0.05, 0.1) is 5.69 Å². The zero-order chi connectivity index (χ0) is 10.1. The second-order valence-corrected chi connectivity index (χ2v) is 3.02. The Morgan fingerprint density at radius 3 is 2.69 bits per heavy atom. The van der Waals surface area contributed by atoms with Crippen LogP contribution < -0.4 is 11.3 Å². The van der Waals surface area contributed by atoms with Crippen molar-refractivity contribution in [2.24, 2.45) is 12.9 Å². The first kappa shape index (κ1) is 10.4. The van der Waals surface area contributed by atoms with Gasteiger partial charge >= 0.3 is 5.38 Å². The minimum atomic E-state index is -3.44. The monoisotopic (exact) mass is 210 g/mol. The van der Waals surface area contributed by atoms with Crippen LogP contribution in [0.3, 0.4) is 0 Å². The summed E-state index contributed by atoms with van der Waals surface area (Å²) in [5, 5.41) is 0.286. The number of hydrazine groups is 1. The molecule has 1 aromatic rings. The molecule has 7 heteroatoms. The zero-order valence-electron chi connectivity index (χ0n) is 6.84. The van der Waals surface area contributed by atoms with Gasteiger partial charge < -0.3 is 0 Å². The Balaban J connectivity index is 2.98. The molecule has 0 spiro atoms. The van der Waals surface area contributed by atoms with Gasteiger partial charge in [0.1, 0.15) is 6.04 Å². The average molecular weight is 211 g/mol. The third-order valence-electron chi connectivity index (χ3n) is 1.65. The summed E-state index contributed by atoms with van der Waals surface area (Å²) in [7, 11) is 1.53. The first-order chi connectivity index (χ1) is 5.96. The molecule has 0 aliphatic rings. The van der Waals surface area contributed by atoms with Crippen LogP contribution in [-0.2, 0) is 7.05 Å². The summed E-state index contributed by atoms with van der Waals surface area (Å²) in [4.78, 5) is 0. The van der Waals surface area contributed by atoms with E-state index in [1.54, 1.807) is 0 Å². The normalized spacial score (nSPS) is 14.5. The van der Waals surface area contributed by atoms with Crippen molar-refractivity contribution in [3.8, 4) is 0 Å². The van der Waals surface area contributed by atoms with E-state index in [-0.39, 0.29) is 5.69 Å². The molecule has 0 saturated carbocycles. The predicted octanol–water partition coefficient (Wildman–Crippen LogP) is 0.756. The number of rotatable bonds is 3. The van der Waals surface area contributed by atoms with E-state index in [1.165, 1.54) is 24.0 Å². The van der Waals surface area contributed by atoms with Gasteiger partial charge in [-0.3, -0.25) is 10.5 Å². The molecule has 0 amide bonds. The van der Waals surface area contributed by atoms with E-state index in [2.05, 4.69) is 5.10 Å². The minimum Gasteiger partial charge on any atom is -0.271 e. The maximum Gasteiger partial charge on any atom is 0.343 e. The molecule has 1 atom stereocenters. The number of aryl methyl sites for hydroxylation is 1. The third-order valence-corrected chi connectivity index (χ3v) is 1.87. The first-order valence-corrected chi connectivity index (χ1v) is 3.85. The van der Waals surface area contributed by atoms with E-state index in [0.29, 0.717) is 0 Å². The summed E-state index contributed by atoms with van der Waals surface area (Å²) < 4.78 is 26.7. The van der Waals surface area contributed by atoms with E-state index in [4.69, 9.17) is 17.4 Å². The van der Waals surface area contributed by atoms with Gasteiger partial charge in [-0.15, -0.1) is 0 Å². The summed E-state index contributed by atoms with van der Waals surface area (Å²) in [6, 6.07) is -0.0254. The summed E-state index contributed by atoms with van der Waals surface area (Å²) in [6.07, 6.45) is 1.39. The van der Waals surface area contributed by atoms with Crippen molar-refractivity contribution in [3.63, 3.8) is 0 Å². The Morgan fingerprint density at radius 2 is 2.38 bits per heavy atom. The fourth-order valence-corrected chi connectivity index (χ4v) is 1.19. The number of hydrogen-bond acceptors (Lipinski definition) is 3. The molecule has 0 aromatic carbocycles. The molecule has 0 radical (unpaired) electrons. The molecule has 0 aliphatic heterocycles. The van der Waals surface area contributed by atoms with Crippen LogP contribution in [0.1, 0.15) is 11.7 Å². The van der Waals surface area contributed by atoms with Gasteiger partial charge in [-0.1, -0.05) is 0 Å². The van der Waals surface area contributed by atoms with Crippen molar-refractivity contribution in [3.05, 3.63) is 18.0 Å². The highest BCUT2D eigenvalue weighted by atomic mass is 35.5. The largest absolute Gasteiger partial charge is 0.343 e. The molecule has 1 heterocycles. The summed E-state index contributed by atoms with van der Waals surface area (Å²) >= 11 is 4.85. The molecule has 3 N–H and O–H groups in total. The standard InChI is InChI=1S/C6H9ClF2N4/c1-13-4(2-3-11-13)5(12-10)6(7,8)9/h2-3,5,12H,10H2,1H3. The first-order valence-electron chi connectivity index (χ1n) is 3.47. The highest BCUT2D eigenvalue weighted by Crippen LogP contribution is 2.33. The lowest BCUT2D eigenvalue weighted by Gasteiger charge is -2.20. The van der Waals surface area contributed by atoms with Crippen LogP contribution in [0.2, 0.25) is 0 Å². The van der Waals surface area contributed by atoms with Gasteiger partial charge in [-0.25, -0.2) is 5.43 Å². The van der Waals surface area contributed by atoms with E-state index < -0.39 is 11.4 Å². The molecule has 1 aromatic heterocycles. The molecule has 74 valence electrons. The molecule has 0 bridgehead atoms. The number of nitrogens with two attached hydrogens (primary N) is 1. The molecule has 0 saturated heterocycles. The smallest absolute Gasteiger partial charge is 0.271 e. The lowest BCUT2D eigenvalue weighted by atomic mass is 10.2. The Labute approximate surface area is 78.6 Å². The number of alkyl halides is 3. The fourth-order valence-electron chi connectivity index (χ4n) is 1.01. The number of nitrogens with one attached hydrogen (secondary N) is 1. The second-order valence-electron chi connectivity index (χ2n) is 2.52. The van der Waals surface area contributed by atoms with Crippen molar-refractivity contribution in [2.45, 2.75) is 11.4 Å². The number of halogens is 3. The Bertz CT molecular complexity index is 282. The lowest BCUT2D eigenvalue weighted by molar-refractivity contribution is 0.0465. The fraction of sp³-hybridized carbons (Fsp3) is 0.500. The van der Waals surface area contributed by atoms with Crippen LogP contribution in [0, 0.1) is 0 Å². The maximum absolute atomic E-state index is 12.7. The number of nitrogens with zero attached hydrogens (tertiary/aromatic N) is 2. The number of hydrogen-bond donors (Lipinski definition) is 2. The van der Waals surface area contributed by atoms with Crippen molar-refractivity contribution < 1.29 is 8.78 Å². The SMILES string of the molecule is Cn1nccc1C(NN)C(F)(F)Cl. The van der Waals surface area contributed by atoms with Crippen molar-refractivity contribution >= 4 is 11.6 Å². The van der Waals surface area contributed by atoms with E-state index in [1.807, 2.05) is 5.43 Å².